The molecule has 1 atom stereocenters. The van der Waals surface area contributed by atoms with Crippen molar-refractivity contribution < 1.29 is 13.7 Å². The Morgan fingerprint density at radius 1 is 1.07 bits per heavy atom. The van der Waals surface area contributed by atoms with Crippen LogP contribution in [0.15, 0.2) is 59.4 Å². The summed E-state index contributed by atoms with van der Waals surface area (Å²) in [6.45, 7) is 2.98. The summed E-state index contributed by atoms with van der Waals surface area (Å²) in [6, 6.07) is 14.3. The highest BCUT2D eigenvalue weighted by molar-refractivity contribution is 5.59. The summed E-state index contributed by atoms with van der Waals surface area (Å²) in [4.78, 5) is 8.95. The fourth-order valence-electron chi connectivity index (χ4n) is 3.32. The predicted octanol–water partition coefficient (Wildman–Crippen LogP) is 4.32. The molecule has 140 valence electrons. The van der Waals surface area contributed by atoms with Crippen LogP contribution in [0.4, 0.5) is 4.39 Å². The third-order valence-corrected chi connectivity index (χ3v) is 4.91. The summed E-state index contributed by atoms with van der Waals surface area (Å²) in [5.41, 5.74) is 4.51. The number of imidazole rings is 1. The van der Waals surface area contributed by atoms with Crippen molar-refractivity contribution in [2.75, 3.05) is 0 Å². The molecule has 0 radical (unpaired) electrons. The van der Waals surface area contributed by atoms with Gasteiger partial charge >= 0.3 is 0 Å². The maximum Gasteiger partial charge on any atom is 0.278 e. The predicted molar refractivity (Wildman–Crippen MR) is 99.6 cm³/mol. The Balaban J connectivity index is 1.41. The van der Waals surface area contributed by atoms with Gasteiger partial charge in [0.25, 0.3) is 5.89 Å². The third-order valence-electron chi connectivity index (χ3n) is 4.91. The molecule has 0 saturated carbocycles. The van der Waals surface area contributed by atoms with Crippen LogP contribution in [0.3, 0.4) is 0 Å². The Labute approximate surface area is 160 Å². The molecule has 0 bridgehead atoms. The second-order valence-electron chi connectivity index (χ2n) is 6.83. The van der Waals surface area contributed by atoms with E-state index in [1.165, 1.54) is 17.7 Å². The van der Waals surface area contributed by atoms with Crippen LogP contribution < -0.4 is 0 Å². The number of fused-ring (bicyclic) bond motifs is 1. The Bertz CT molecular complexity index is 1120. The van der Waals surface area contributed by atoms with Crippen molar-refractivity contribution in [3.63, 3.8) is 0 Å². The molecule has 4 aromatic rings. The first-order valence-corrected chi connectivity index (χ1v) is 8.99. The standard InChI is InChI=1S/C21H17FN4O2/c1-13-2-4-15(5-3-13)20-24-21(28-25-20)19-17-11-27-18(10-26(17)12-23-19)14-6-8-16(22)9-7-14/h2-9,12,18H,10-11H2,1H3/t18-/m1/s1. The van der Waals surface area contributed by atoms with E-state index in [9.17, 15) is 4.39 Å². The number of nitrogens with zero attached hydrogens (tertiary/aromatic N) is 4. The lowest BCUT2D eigenvalue weighted by molar-refractivity contribution is 0.00326. The lowest BCUT2D eigenvalue weighted by atomic mass is 10.1. The molecule has 0 unspecified atom stereocenters. The number of benzene rings is 2. The van der Waals surface area contributed by atoms with Gasteiger partial charge in [-0.05, 0) is 24.6 Å². The van der Waals surface area contributed by atoms with E-state index in [2.05, 4.69) is 15.1 Å². The second-order valence-corrected chi connectivity index (χ2v) is 6.83. The van der Waals surface area contributed by atoms with Gasteiger partial charge in [0.05, 0.1) is 25.2 Å². The first-order valence-electron chi connectivity index (χ1n) is 8.99. The molecule has 1 aliphatic rings. The first kappa shape index (κ1) is 16.8. The molecule has 1 aliphatic heterocycles. The minimum Gasteiger partial charge on any atom is -0.365 e. The Hall–Kier alpha value is -3.32. The molecule has 0 aliphatic carbocycles. The summed E-state index contributed by atoms with van der Waals surface area (Å²) in [5.74, 6) is 0.636. The van der Waals surface area contributed by atoms with Crippen molar-refractivity contribution in [2.45, 2.75) is 26.2 Å². The van der Waals surface area contributed by atoms with Crippen LogP contribution in [-0.2, 0) is 17.9 Å². The highest BCUT2D eigenvalue weighted by atomic mass is 19.1. The minimum absolute atomic E-state index is 0.152. The highest BCUT2D eigenvalue weighted by Gasteiger charge is 2.26. The van der Waals surface area contributed by atoms with E-state index in [-0.39, 0.29) is 11.9 Å². The summed E-state index contributed by atoms with van der Waals surface area (Å²) in [7, 11) is 0. The molecule has 7 heteroatoms. The zero-order valence-corrected chi connectivity index (χ0v) is 15.2. The van der Waals surface area contributed by atoms with Gasteiger partial charge in [0.15, 0.2) is 5.69 Å². The number of aryl methyl sites for hydroxylation is 1. The van der Waals surface area contributed by atoms with Crippen molar-refractivity contribution in [1.82, 2.24) is 19.7 Å². The first-order chi connectivity index (χ1) is 13.7. The largest absolute Gasteiger partial charge is 0.365 e. The Morgan fingerprint density at radius 3 is 2.64 bits per heavy atom. The molecule has 5 rings (SSSR count). The zero-order valence-electron chi connectivity index (χ0n) is 15.2. The highest BCUT2D eigenvalue weighted by Crippen LogP contribution is 2.31. The summed E-state index contributed by atoms with van der Waals surface area (Å²) in [6.07, 6.45) is 1.60. The molecule has 0 saturated heterocycles. The van der Waals surface area contributed by atoms with E-state index >= 15 is 0 Å². The summed E-state index contributed by atoms with van der Waals surface area (Å²) < 4.78 is 26.6. The van der Waals surface area contributed by atoms with Gasteiger partial charge in [0.2, 0.25) is 5.82 Å². The lowest BCUT2D eigenvalue weighted by Crippen LogP contribution is -2.20. The number of ether oxygens (including phenoxy) is 1. The van der Waals surface area contributed by atoms with Gasteiger partial charge in [-0.25, -0.2) is 9.37 Å². The molecule has 0 spiro atoms. The summed E-state index contributed by atoms with van der Waals surface area (Å²) >= 11 is 0. The quantitative estimate of drug-likeness (QED) is 0.533. The van der Waals surface area contributed by atoms with E-state index in [0.29, 0.717) is 30.6 Å². The molecule has 0 fully saturated rings. The van der Waals surface area contributed by atoms with Crippen LogP contribution in [0.25, 0.3) is 23.0 Å². The van der Waals surface area contributed by atoms with Crippen LogP contribution in [0.1, 0.15) is 22.9 Å². The number of hydrogen-bond donors (Lipinski definition) is 0. The van der Waals surface area contributed by atoms with Crippen molar-refractivity contribution in [3.8, 4) is 23.0 Å². The molecular formula is C21H17FN4O2. The number of aromatic nitrogens is 4. The maximum absolute atomic E-state index is 13.1. The molecule has 0 N–H and O–H groups in total. The van der Waals surface area contributed by atoms with Crippen molar-refractivity contribution in [2.24, 2.45) is 0 Å². The number of hydrogen-bond acceptors (Lipinski definition) is 5. The van der Waals surface area contributed by atoms with Gasteiger partial charge in [0.1, 0.15) is 11.9 Å². The van der Waals surface area contributed by atoms with Crippen molar-refractivity contribution >= 4 is 0 Å². The van der Waals surface area contributed by atoms with Gasteiger partial charge in [-0.3, -0.25) is 0 Å². The molecule has 28 heavy (non-hydrogen) atoms. The average molecular weight is 376 g/mol. The number of rotatable bonds is 3. The zero-order chi connectivity index (χ0) is 19.1. The topological polar surface area (TPSA) is 66.0 Å². The van der Waals surface area contributed by atoms with Crippen LogP contribution >= 0.6 is 0 Å². The van der Waals surface area contributed by atoms with Gasteiger partial charge < -0.3 is 13.8 Å². The van der Waals surface area contributed by atoms with Gasteiger partial charge in [0, 0.05) is 5.56 Å². The molecule has 6 nitrogen and oxygen atoms in total. The molecule has 3 heterocycles. The fourth-order valence-corrected chi connectivity index (χ4v) is 3.32. The third kappa shape index (κ3) is 2.99. The van der Waals surface area contributed by atoms with E-state index in [1.54, 1.807) is 18.5 Å². The van der Waals surface area contributed by atoms with Crippen LogP contribution in [-0.4, -0.2) is 19.7 Å². The molecular weight excluding hydrogens is 359 g/mol. The van der Waals surface area contributed by atoms with Crippen LogP contribution in [0.2, 0.25) is 0 Å². The van der Waals surface area contributed by atoms with Crippen LogP contribution in [0.5, 0.6) is 0 Å². The van der Waals surface area contributed by atoms with E-state index in [4.69, 9.17) is 9.26 Å². The van der Waals surface area contributed by atoms with E-state index in [1.807, 2.05) is 35.8 Å². The molecule has 2 aromatic heterocycles. The van der Waals surface area contributed by atoms with Crippen molar-refractivity contribution in [1.29, 1.82) is 0 Å². The van der Waals surface area contributed by atoms with Crippen molar-refractivity contribution in [3.05, 3.63) is 77.5 Å². The fraction of sp³-hybridized carbons (Fsp3) is 0.190. The monoisotopic (exact) mass is 376 g/mol. The van der Waals surface area contributed by atoms with Gasteiger partial charge in [-0.1, -0.05) is 47.1 Å². The Morgan fingerprint density at radius 2 is 1.86 bits per heavy atom. The van der Waals surface area contributed by atoms with Crippen LogP contribution in [0, 0.1) is 12.7 Å². The SMILES string of the molecule is Cc1ccc(-c2noc(-c3ncn4c3CO[C@@H](c3ccc(F)cc3)C4)n2)cc1. The molecule has 2 aromatic carbocycles. The summed E-state index contributed by atoms with van der Waals surface area (Å²) in [5, 5.41) is 4.08. The normalized spacial score (nSPS) is 16.1. The van der Waals surface area contributed by atoms with Gasteiger partial charge in [-0.2, -0.15) is 4.98 Å². The maximum atomic E-state index is 13.1. The van der Waals surface area contributed by atoms with E-state index < -0.39 is 0 Å². The smallest absolute Gasteiger partial charge is 0.278 e. The Kier molecular flexibility index (Phi) is 4.02. The van der Waals surface area contributed by atoms with E-state index in [0.717, 1.165) is 16.8 Å². The van der Waals surface area contributed by atoms with Gasteiger partial charge in [-0.15, -0.1) is 0 Å². The minimum atomic E-state index is -0.258. The lowest BCUT2D eigenvalue weighted by Gasteiger charge is -2.25. The average Bonchev–Trinajstić information content (AvgIpc) is 3.35. The number of halogens is 1. The molecule has 0 amide bonds. The second kappa shape index (κ2) is 6.69.